The number of nitrogens with one attached hydrogen (secondary N) is 2. The fraction of sp³-hybridized carbons (Fsp3) is 0.290. The van der Waals surface area contributed by atoms with Crippen molar-refractivity contribution in [2.75, 3.05) is 18.0 Å². The second-order valence-corrected chi connectivity index (χ2v) is 13.9. The molecule has 1 saturated heterocycles. The van der Waals surface area contributed by atoms with Crippen LogP contribution < -0.4 is 20.9 Å². The van der Waals surface area contributed by atoms with Crippen LogP contribution in [-0.2, 0) is 43.4 Å². The lowest BCUT2D eigenvalue weighted by Crippen LogP contribution is -2.71. The first-order chi connectivity index (χ1) is 24.3. The number of carboxylic acid groups (broad SMARTS) is 2. The third kappa shape index (κ3) is 6.99. The van der Waals surface area contributed by atoms with Gasteiger partial charge in [-0.15, -0.1) is 23.1 Å². The van der Waals surface area contributed by atoms with E-state index in [1.54, 1.807) is 0 Å². The van der Waals surface area contributed by atoms with Gasteiger partial charge in [0.05, 0.1) is 17.1 Å². The van der Waals surface area contributed by atoms with Crippen molar-refractivity contribution < 1.29 is 53.8 Å². The lowest BCUT2D eigenvalue weighted by molar-refractivity contribution is -0.696. The second kappa shape index (κ2) is 14.4. The van der Waals surface area contributed by atoms with E-state index in [0.29, 0.717) is 12.1 Å². The highest BCUT2D eigenvalue weighted by atomic mass is 35.5. The summed E-state index contributed by atoms with van der Waals surface area (Å²) < 4.78 is 2.01. The molecule has 0 saturated carbocycles. The SMILES string of the molecule is Nc1nc(/C(=N/O[C@@H](CNC(=O)c2ccc(O)c(O)c2Cl)C(=O)O)C(=O)N[C@@H]2C(=O)N3C(C(=O)O)=C(C[n+]4cccc5c4CCC5)CS[C@H]23)cs1. The van der Waals surface area contributed by atoms with Crippen molar-refractivity contribution in [1.29, 1.82) is 0 Å². The van der Waals surface area contributed by atoms with Crippen LogP contribution in [0.4, 0.5) is 5.13 Å². The largest absolute Gasteiger partial charge is 0.504 e. The fourth-order valence-corrected chi connectivity index (χ4v) is 8.01. The van der Waals surface area contributed by atoms with Crippen LogP contribution in [0.3, 0.4) is 0 Å². The molecule has 0 radical (unpaired) electrons. The Morgan fingerprint density at radius 3 is 2.69 bits per heavy atom. The van der Waals surface area contributed by atoms with Crippen LogP contribution >= 0.6 is 34.7 Å². The number of amides is 3. The standard InChI is InChI=1S/C31H28ClN7O10S2/c32-20-15(6-7-18(40)24(20)41)25(42)34-9-19(29(45)46)49-37-21(16-12-51-31(33)35-16)26(43)36-22-27(44)39-23(30(47)48)14(11-50-28(22)39)10-38-8-2-4-13-3-1-5-17(13)38/h2,4,6-8,12,19,22,28H,1,3,5,9-11H2,(H7-,33,34,35,36,37,40,41,42,43,45,46,47,48)/p+1/t19-,22+,28+/m0/s1. The Morgan fingerprint density at radius 2 is 1.98 bits per heavy atom. The number of hydrogen-bond donors (Lipinski definition) is 7. The molecule has 0 bridgehead atoms. The number of thioether (sulfide) groups is 1. The van der Waals surface area contributed by atoms with Gasteiger partial charge >= 0.3 is 11.9 Å². The molecular weight excluding hydrogens is 730 g/mol. The number of aromatic nitrogens is 2. The number of phenolic OH excluding ortho intramolecular Hbond substituents is 2. The summed E-state index contributed by atoms with van der Waals surface area (Å²) in [5.74, 6) is -6.45. The number of rotatable bonds is 12. The van der Waals surface area contributed by atoms with Gasteiger partial charge in [0.25, 0.3) is 17.7 Å². The van der Waals surface area contributed by atoms with Crippen LogP contribution in [0, 0.1) is 0 Å². The zero-order valence-electron chi connectivity index (χ0n) is 26.2. The molecule has 1 aliphatic carbocycles. The number of aliphatic carboxylic acids is 2. The van der Waals surface area contributed by atoms with Crippen molar-refractivity contribution in [3.05, 3.63) is 74.6 Å². The molecule has 2 aliphatic heterocycles. The number of nitrogen functional groups attached to an aromatic ring is 1. The normalized spacial score (nSPS) is 18.7. The van der Waals surface area contributed by atoms with Gasteiger partial charge < -0.3 is 41.6 Å². The first-order valence-corrected chi connectivity index (χ1v) is 17.5. The number of aromatic hydroxyl groups is 2. The van der Waals surface area contributed by atoms with Crippen LogP contribution in [0.5, 0.6) is 11.5 Å². The minimum Gasteiger partial charge on any atom is -0.504 e. The third-order valence-corrected chi connectivity index (χ3v) is 10.7. The maximum Gasteiger partial charge on any atom is 0.352 e. The summed E-state index contributed by atoms with van der Waals surface area (Å²) >= 11 is 8.14. The molecule has 4 heterocycles. The van der Waals surface area contributed by atoms with E-state index in [1.807, 2.05) is 16.8 Å². The number of β-lactam (4-membered cyclic amide) rings is 1. The maximum absolute atomic E-state index is 13.6. The number of benzene rings is 1. The van der Waals surface area contributed by atoms with E-state index in [1.165, 1.54) is 22.7 Å². The van der Waals surface area contributed by atoms with E-state index in [-0.39, 0.29) is 27.8 Å². The van der Waals surface area contributed by atoms with Gasteiger partial charge in [-0.3, -0.25) is 19.3 Å². The minimum absolute atomic E-state index is 0.0426. The molecule has 6 rings (SSSR count). The average molecular weight is 759 g/mol. The molecule has 1 aromatic carbocycles. The molecule has 0 unspecified atom stereocenters. The summed E-state index contributed by atoms with van der Waals surface area (Å²) in [7, 11) is 0. The van der Waals surface area contributed by atoms with Crippen molar-refractivity contribution in [3.63, 3.8) is 0 Å². The Morgan fingerprint density at radius 1 is 1.20 bits per heavy atom. The van der Waals surface area contributed by atoms with E-state index >= 15 is 0 Å². The molecule has 3 aromatic rings. The zero-order valence-corrected chi connectivity index (χ0v) is 28.6. The van der Waals surface area contributed by atoms with Crippen molar-refractivity contribution in [1.82, 2.24) is 20.5 Å². The van der Waals surface area contributed by atoms with E-state index in [0.717, 1.165) is 53.3 Å². The molecule has 3 atom stereocenters. The van der Waals surface area contributed by atoms with Crippen LogP contribution in [-0.4, -0.2) is 95.5 Å². The van der Waals surface area contributed by atoms with Crippen molar-refractivity contribution in [2.24, 2.45) is 5.16 Å². The monoisotopic (exact) mass is 758 g/mol. The molecule has 0 spiro atoms. The highest BCUT2D eigenvalue weighted by Crippen LogP contribution is 2.41. The lowest BCUT2D eigenvalue weighted by atomic mass is 10.0. The third-order valence-electron chi connectivity index (χ3n) is 8.35. The van der Waals surface area contributed by atoms with Gasteiger partial charge in [-0.05, 0) is 31.0 Å². The number of nitrogens with zero attached hydrogens (tertiary/aromatic N) is 4. The molecule has 8 N–H and O–H groups in total. The highest BCUT2D eigenvalue weighted by molar-refractivity contribution is 8.00. The first-order valence-electron chi connectivity index (χ1n) is 15.2. The van der Waals surface area contributed by atoms with Crippen LogP contribution in [0.2, 0.25) is 5.02 Å². The number of carbonyl (C=O) groups excluding carboxylic acids is 3. The number of phenols is 2. The number of hydrogen-bond acceptors (Lipinski definition) is 13. The lowest BCUT2D eigenvalue weighted by Gasteiger charge is -2.49. The summed E-state index contributed by atoms with van der Waals surface area (Å²) in [6, 6.07) is 4.93. The Kier molecular flexibility index (Phi) is 10.0. The van der Waals surface area contributed by atoms with Crippen molar-refractivity contribution in [3.8, 4) is 11.5 Å². The molecule has 20 heteroatoms. The summed E-state index contributed by atoms with van der Waals surface area (Å²) in [6.45, 7) is -0.393. The number of carboxylic acids is 2. The van der Waals surface area contributed by atoms with Gasteiger partial charge in [-0.1, -0.05) is 16.8 Å². The minimum atomic E-state index is -1.85. The Bertz CT molecular complexity index is 2040. The number of oxime groups is 1. The van der Waals surface area contributed by atoms with E-state index in [4.69, 9.17) is 22.2 Å². The topological polar surface area (TPSA) is 258 Å². The number of thiazole rings is 1. The Hall–Kier alpha value is -5.40. The molecular formula is C31H29ClN7O10S2+. The van der Waals surface area contributed by atoms with Gasteiger partial charge in [0, 0.05) is 34.8 Å². The number of anilines is 1. The summed E-state index contributed by atoms with van der Waals surface area (Å²) in [5.41, 5.74) is 7.59. The molecule has 51 heavy (non-hydrogen) atoms. The number of nitrogens with two attached hydrogens (primary N) is 1. The fourth-order valence-electron chi connectivity index (χ4n) is 5.88. The van der Waals surface area contributed by atoms with E-state index in [9.17, 15) is 44.4 Å². The Balaban J connectivity index is 1.17. The summed E-state index contributed by atoms with van der Waals surface area (Å²) in [4.78, 5) is 74.3. The van der Waals surface area contributed by atoms with Crippen LogP contribution in [0.25, 0.3) is 0 Å². The number of pyridine rings is 1. The molecule has 266 valence electrons. The van der Waals surface area contributed by atoms with Gasteiger partial charge in [0.1, 0.15) is 22.8 Å². The molecule has 1 fully saturated rings. The van der Waals surface area contributed by atoms with E-state index in [2.05, 4.69) is 26.8 Å². The van der Waals surface area contributed by atoms with Gasteiger partial charge in [-0.25, -0.2) is 14.6 Å². The second-order valence-electron chi connectivity index (χ2n) is 11.5. The number of fused-ring (bicyclic) bond motifs is 2. The number of aryl methyl sites for hydroxylation is 1. The van der Waals surface area contributed by atoms with Crippen LogP contribution in [0.15, 0.2) is 52.3 Å². The summed E-state index contributed by atoms with van der Waals surface area (Å²) in [5, 5.41) is 47.9. The smallest absolute Gasteiger partial charge is 0.352 e. The summed E-state index contributed by atoms with van der Waals surface area (Å²) in [6.07, 6.45) is 2.87. The van der Waals surface area contributed by atoms with E-state index < -0.39 is 76.0 Å². The number of carbonyl (C=O) groups is 5. The Labute approximate surface area is 301 Å². The van der Waals surface area contributed by atoms with Crippen molar-refractivity contribution >= 4 is 75.2 Å². The van der Waals surface area contributed by atoms with Gasteiger partial charge in [0.2, 0.25) is 6.10 Å². The van der Waals surface area contributed by atoms with Gasteiger partial charge in [-0.2, -0.15) is 4.57 Å². The molecule has 3 amide bonds. The first kappa shape index (κ1) is 35.4. The molecule has 17 nitrogen and oxygen atoms in total. The van der Waals surface area contributed by atoms with Crippen LogP contribution in [0.1, 0.15) is 33.7 Å². The highest BCUT2D eigenvalue weighted by Gasteiger charge is 2.55. The maximum atomic E-state index is 13.6. The quantitative estimate of drug-likeness (QED) is 0.0440. The molecule has 3 aliphatic rings. The number of halogens is 1. The zero-order chi connectivity index (χ0) is 36.6. The predicted octanol–water partition coefficient (Wildman–Crippen LogP) is 0.609. The van der Waals surface area contributed by atoms with Crippen molar-refractivity contribution in [2.45, 2.75) is 43.3 Å². The van der Waals surface area contributed by atoms with Gasteiger partial charge in [0.15, 0.2) is 40.8 Å². The average Bonchev–Trinajstić information content (AvgIpc) is 3.76. The molecule has 2 aromatic heterocycles. The predicted molar refractivity (Wildman–Crippen MR) is 181 cm³/mol.